The Morgan fingerprint density at radius 1 is 0.892 bits per heavy atom. The van der Waals surface area contributed by atoms with Gasteiger partial charge >= 0.3 is 5.97 Å². The summed E-state index contributed by atoms with van der Waals surface area (Å²) in [7, 11) is 1.34. The van der Waals surface area contributed by atoms with Crippen molar-refractivity contribution in [3.05, 3.63) is 83.2 Å². The summed E-state index contributed by atoms with van der Waals surface area (Å²) in [6.45, 7) is 2.20. The number of unbranched alkanes of at least 4 members (excludes halogenated alkanes) is 2. The summed E-state index contributed by atoms with van der Waals surface area (Å²) >= 11 is 0. The van der Waals surface area contributed by atoms with Crippen molar-refractivity contribution in [1.29, 1.82) is 0 Å². The highest BCUT2D eigenvalue weighted by atomic mass is 19.2. The molecule has 0 radical (unpaired) electrons. The van der Waals surface area contributed by atoms with Crippen LogP contribution in [0.2, 0.25) is 0 Å². The third kappa shape index (κ3) is 6.35. The molecule has 0 amide bonds. The number of rotatable bonds is 9. The second kappa shape index (κ2) is 12.3. The van der Waals surface area contributed by atoms with Crippen molar-refractivity contribution < 1.29 is 27.4 Å². The Hall–Kier alpha value is -3.28. The van der Waals surface area contributed by atoms with E-state index in [0.717, 1.165) is 31.7 Å². The van der Waals surface area contributed by atoms with E-state index >= 15 is 8.78 Å². The number of carbonyl (C=O) groups excluding carboxylic acids is 1. The van der Waals surface area contributed by atoms with Crippen LogP contribution in [0.4, 0.5) is 13.2 Å². The monoisotopic (exact) mass is 510 g/mol. The zero-order valence-corrected chi connectivity index (χ0v) is 21.4. The Bertz CT molecular complexity index is 1220. The molecule has 0 heterocycles. The molecular weight excluding hydrogens is 477 g/mol. The molecule has 1 aliphatic carbocycles. The number of carbonyl (C=O) groups is 1. The van der Waals surface area contributed by atoms with Crippen molar-refractivity contribution in [3.63, 3.8) is 0 Å². The van der Waals surface area contributed by atoms with Crippen LogP contribution >= 0.6 is 0 Å². The van der Waals surface area contributed by atoms with Crippen LogP contribution in [-0.2, 0) is 0 Å². The van der Waals surface area contributed by atoms with Gasteiger partial charge in [-0.3, -0.25) is 0 Å². The summed E-state index contributed by atoms with van der Waals surface area (Å²) in [5.41, 5.74) is 1.26. The first-order chi connectivity index (χ1) is 17.9. The van der Waals surface area contributed by atoms with E-state index in [0.29, 0.717) is 17.0 Å². The van der Waals surface area contributed by atoms with E-state index < -0.39 is 23.4 Å². The standard InChI is InChI=1S/C31H33F3O3/c1-3-4-5-6-20-7-9-21(10-8-20)25-16-17-26(30(34)29(25)33)22-11-13-23(14-12-22)31(35)37-24-15-18-28(36-2)27(32)19-24/h11-21H,3-10H2,1-2H3. The average Bonchev–Trinajstić information content (AvgIpc) is 2.91. The summed E-state index contributed by atoms with van der Waals surface area (Å²) < 4.78 is 54.2. The minimum absolute atomic E-state index is 0.0334. The molecule has 0 spiro atoms. The third-order valence-electron chi connectivity index (χ3n) is 7.38. The van der Waals surface area contributed by atoms with Crippen LogP contribution in [0.15, 0.2) is 54.6 Å². The molecule has 0 atom stereocenters. The Morgan fingerprint density at radius 3 is 2.27 bits per heavy atom. The smallest absolute Gasteiger partial charge is 0.343 e. The largest absolute Gasteiger partial charge is 0.494 e. The lowest BCUT2D eigenvalue weighted by Gasteiger charge is -2.29. The maximum atomic E-state index is 15.1. The molecule has 4 rings (SSSR count). The van der Waals surface area contributed by atoms with Gasteiger partial charge in [-0.15, -0.1) is 0 Å². The number of esters is 1. The van der Waals surface area contributed by atoms with E-state index in [1.807, 2.05) is 0 Å². The van der Waals surface area contributed by atoms with Gasteiger partial charge in [0.2, 0.25) is 0 Å². The molecule has 196 valence electrons. The zero-order valence-electron chi connectivity index (χ0n) is 21.4. The van der Waals surface area contributed by atoms with Crippen LogP contribution in [0, 0.1) is 23.4 Å². The van der Waals surface area contributed by atoms with Gasteiger partial charge in [0.15, 0.2) is 23.2 Å². The number of hydrogen-bond acceptors (Lipinski definition) is 3. The summed E-state index contributed by atoms with van der Waals surface area (Å²) in [5.74, 6) is -2.17. The molecule has 0 aromatic heterocycles. The Labute approximate surface area is 216 Å². The summed E-state index contributed by atoms with van der Waals surface area (Å²) in [6, 6.07) is 13.2. The van der Waals surface area contributed by atoms with E-state index in [1.165, 1.54) is 57.1 Å². The Morgan fingerprint density at radius 2 is 1.62 bits per heavy atom. The fourth-order valence-corrected chi connectivity index (χ4v) is 5.21. The molecule has 0 saturated heterocycles. The molecule has 37 heavy (non-hydrogen) atoms. The number of benzene rings is 3. The van der Waals surface area contributed by atoms with Crippen LogP contribution < -0.4 is 9.47 Å². The lowest BCUT2D eigenvalue weighted by atomic mass is 9.76. The summed E-state index contributed by atoms with van der Waals surface area (Å²) in [6.07, 6.45) is 8.87. The highest BCUT2D eigenvalue weighted by Gasteiger charge is 2.26. The predicted molar refractivity (Wildman–Crippen MR) is 139 cm³/mol. The molecule has 3 nitrogen and oxygen atoms in total. The molecule has 1 saturated carbocycles. The van der Waals surface area contributed by atoms with E-state index in [1.54, 1.807) is 24.3 Å². The highest BCUT2D eigenvalue weighted by Crippen LogP contribution is 2.40. The SMILES string of the molecule is CCCCCC1CCC(c2ccc(-c3ccc(C(=O)Oc4ccc(OC)c(F)c4)cc3)c(F)c2F)CC1. The number of hydrogen-bond donors (Lipinski definition) is 0. The van der Waals surface area contributed by atoms with Crippen molar-refractivity contribution in [2.24, 2.45) is 5.92 Å². The van der Waals surface area contributed by atoms with Gasteiger partial charge in [0.25, 0.3) is 0 Å². The van der Waals surface area contributed by atoms with Crippen molar-refractivity contribution in [3.8, 4) is 22.6 Å². The van der Waals surface area contributed by atoms with Crippen molar-refractivity contribution in [1.82, 2.24) is 0 Å². The predicted octanol–water partition coefficient (Wildman–Crippen LogP) is 8.85. The van der Waals surface area contributed by atoms with Gasteiger partial charge in [-0.1, -0.05) is 56.9 Å². The lowest BCUT2D eigenvalue weighted by molar-refractivity contribution is 0.0734. The Kier molecular flexibility index (Phi) is 8.91. The molecule has 6 heteroatoms. The van der Waals surface area contributed by atoms with E-state index in [4.69, 9.17) is 9.47 Å². The molecule has 0 unspecified atom stereocenters. The van der Waals surface area contributed by atoms with Crippen molar-refractivity contribution in [2.75, 3.05) is 7.11 Å². The number of methoxy groups -OCH3 is 1. The van der Waals surface area contributed by atoms with E-state index in [-0.39, 0.29) is 28.5 Å². The first-order valence-electron chi connectivity index (χ1n) is 13.0. The maximum absolute atomic E-state index is 15.1. The van der Waals surface area contributed by atoms with Crippen LogP contribution in [0.5, 0.6) is 11.5 Å². The number of halogens is 3. The zero-order chi connectivity index (χ0) is 26.4. The molecule has 3 aromatic carbocycles. The average molecular weight is 511 g/mol. The molecule has 0 N–H and O–H groups in total. The van der Waals surface area contributed by atoms with Crippen LogP contribution in [0.25, 0.3) is 11.1 Å². The summed E-state index contributed by atoms with van der Waals surface area (Å²) in [5, 5.41) is 0. The topological polar surface area (TPSA) is 35.5 Å². The van der Waals surface area contributed by atoms with Crippen molar-refractivity contribution >= 4 is 5.97 Å². The third-order valence-corrected chi connectivity index (χ3v) is 7.38. The normalized spacial score (nSPS) is 17.4. The number of ether oxygens (including phenoxy) is 2. The Balaban J connectivity index is 1.42. The fraction of sp³-hybridized carbons (Fsp3) is 0.387. The molecule has 1 aliphatic rings. The van der Waals surface area contributed by atoms with Gasteiger partial charge in [0.05, 0.1) is 12.7 Å². The molecular formula is C31H33F3O3. The second-order valence-electron chi connectivity index (χ2n) is 9.81. The van der Waals surface area contributed by atoms with Crippen molar-refractivity contribution in [2.45, 2.75) is 64.2 Å². The maximum Gasteiger partial charge on any atom is 0.343 e. The van der Waals surface area contributed by atoms with Crippen LogP contribution in [0.3, 0.4) is 0 Å². The van der Waals surface area contributed by atoms with Gasteiger partial charge in [-0.05, 0) is 72.9 Å². The minimum atomic E-state index is -0.869. The molecule has 0 aliphatic heterocycles. The minimum Gasteiger partial charge on any atom is -0.494 e. The van der Waals surface area contributed by atoms with Gasteiger partial charge < -0.3 is 9.47 Å². The first kappa shape index (κ1) is 26.8. The van der Waals surface area contributed by atoms with Crippen LogP contribution in [-0.4, -0.2) is 13.1 Å². The molecule has 0 bridgehead atoms. The van der Waals surface area contributed by atoms with Crippen LogP contribution in [0.1, 0.15) is 80.1 Å². The van der Waals surface area contributed by atoms with E-state index in [2.05, 4.69) is 6.92 Å². The fourth-order valence-electron chi connectivity index (χ4n) is 5.21. The van der Waals surface area contributed by atoms with Gasteiger partial charge in [0, 0.05) is 11.6 Å². The lowest BCUT2D eigenvalue weighted by Crippen LogP contribution is -2.15. The molecule has 1 fully saturated rings. The van der Waals surface area contributed by atoms with Gasteiger partial charge in [-0.25, -0.2) is 18.0 Å². The highest BCUT2D eigenvalue weighted by molar-refractivity contribution is 5.91. The molecule has 3 aromatic rings. The van der Waals surface area contributed by atoms with Gasteiger partial charge in [0.1, 0.15) is 5.75 Å². The second-order valence-corrected chi connectivity index (χ2v) is 9.81. The van der Waals surface area contributed by atoms with E-state index in [9.17, 15) is 9.18 Å². The van der Waals surface area contributed by atoms with Gasteiger partial charge in [-0.2, -0.15) is 0 Å². The quantitative estimate of drug-likeness (QED) is 0.164. The first-order valence-corrected chi connectivity index (χ1v) is 13.0. The summed E-state index contributed by atoms with van der Waals surface area (Å²) in [4.78, 5) is 12.5.